The van der Waals surface area contributed by atoms with Gasteiger partial charge < -0.3 is 15.2 Å². The number of carboxylic acids is 1. The average Bonchev–Trinajstić information content (AvgIpc) is 2.29. The number of halogens is 1. The summed E-state index contributed by atoms with van der Waals surface area (Å²) in [4.78, 5) is 10.7. The van der Waals surface area contributed by atoms with Crippen LogP contribution in [0.3, 0.4) is 0 Å². The second kappa shape index (κ2) is 6.61. The molecule has 1 aromatic rings. The lowest BCUT2D eigenvalue weighted by Gasteiger charge is -2.12. The molecule has 0 saturated heterocycles. The molecule has 0 unspecified atom stereocenters. The fourth-order valence-corrected chi connectivity index (χ4v) is 1.68. The maximum absolute atomic E-state index is 10.7. The van der Waals surface area contributed by atoms with Crippen LogP contribution in [0.25, 0.3) is 0 Å². The number of hydrogen-bond donors (Lipinski definition) is 2. The van der Waals surface area contributed by atoms with Gasteiger partial charge in [0.25, 0.3) is 0 Å². The lowest BCUT2D eigenvalue weighted by Crippen LogP contribution is -2.33. The van der Waals surface area contributed by atoms with E-state index in [-0.39, 0.29) is 0 Å². The molecule has 1 aromatic carbocycles. The van der Waals surface area contributed by atoms with Crippen molar-refractivity contribution in [2.24, 2.45) is 0 Å². The molecule has 2 N–H and O–H groups in total. The molecule has 0 aliphatic heterocycles. The molecule has 1 atom stereocenters. The molecule has 4 nitrogen and oxygen atoms in total. The normalized spacial score (nSPS) is 12.2. The van der Waals surface area contributed by atoms with Gasteiger partial charge in [0.05, 0.1) is 6.61 Å². The number of rotatable bonds is 6. The molecule has 0 heterocycles. The van der Waals surface area contributed by atoms with Crippen LogP contribution in [-0.2, 0) is 11.3 Å². The molecule has 94 valence electrons. The van der Waals surface area contributed by atoms with Crippen LogP contribution < -0.4 is 10.1 Å². The third-order valence-corrected chi connectivity index (χ3v) is 3.07. The van der Waals surface area contributed by atoms with Gasteiger partial charge in [0.2, 0.25) is 0 Å². The van der Waals surface area contributed by atoms with Gasteiger partial charge in [-0.05, 0) is 37.6 Å². The van der Waals surface area contributed by atoms with E-state index < -0.39 is 12.0 Å². The summed E-state index contributed by atoms with van der Waals surface area (Å²) < 4.78 is 6.33. The summed E-state index contributed by atoms with van der Waals surface area (Å²) in [5.74, 6) is -0.0717. The zero-order chi connectivity index (χ0) is 12.8. The van der Waals surface area contributed by atoms with E-state index in [2.05, 4.69) is 21.2 Å². The van der Waals surface area contributed by atoms with Crippen LogP contribution >= 0.6 is 15.9 Å². The number of benzene rings is 1. The molecule has 0 aromatic heterocycles. The topological polar surface area (TPSA) is 58.6 Å². The number of carbonyl (C=O) groups is 1. The average molecular weight is 302 g/mol. The largest absolute Gasteiger partial charge is 0.494 e. The van der Waals surface area contributed by atoms with Crippen LogP contribution in [0.15, 0.2) is 22.7 Å². The van der Waals surface area contributed by atoms with Crippen molar-refractivity contribution in [3.8, 4) is 5.75 Å². The number of hydrogen-bond acceptors (Lipinski definition) is 3. The summed E-state index contributed by atoms with van der Waals surface area (Å²) in [6.45, 7) is 4.63. The van der Waals surface area contributed by atoms with Crippen molar-refractivity contribution in [1.82, 2.24) is 5.32 Å². The van der Waals surface area contributed by atoms with E-state index in [1.54, 1.807) is 6.92 Å². The quantitative estimate of drug-likeness (QED) is 0.847. The highest BCUT2D eigenvalue weighted by molar-refractivity contribution is 9.10. The van der Waals surface area contributed by atoms with Gasteiger partial charge >= 0.3 is 5.97 Å². The first-order chi connectivity index (χ1) is 8.04. The lowest BCUT2D eigenvalue weighted by atomic mass is 10.2. The van der Waals surface area contributed by atoms with E-state index in [0.717, 1.165) is 15.8 Å². The predicted molar refractivity (Wildman–Crippen MR) is 69.2 cm³/mol. The van der Waals surface area contributed by atoms with Crippen molar-refractivity contribution in [3.63, 3.8) is 0 Å². The summed E-state index contributed by atoms with van der Waals surface area (Å²) in [5.41, 5.74) is 0.976. The van der Waals surface area contributed by atoms with Gasteiger partial charge in [0, 0.05) is 11.0 Å². The monoisotopic (exact) mass is 301 g/mol. The second-order valence-corrected chi connectivity index (χ2v) is 4.48. The van der Waals surface area contributed by atoms with Crippen LogP contribution in [0.5, 0.6) is 5.75 Å². The Balaban J connectivity index is 2.69. The van der Waals surface area contributed by atoms with Gasteiger partial charge in [-0.3, -0.25) is 4.79 Å². The van der Waals surface area contributed by atoms with Crippen LogP contribution in [0, 0.1) is 0 Å². The van der Waals surface area contributed by atoms with Crippen molar-refractivity contribution in [3.05, 3.63) is 28.2 Å². The van der Waals surface area contributed by atoms with Crippen LogP contribution in [0.2, 0.25) is 0 Å². The molecule has 0 aliphatic carbocycles. The van der Waals surface area contributed by atoms with Gasteiger partial charge in [0.1, 0.15) is 11.8 Å². The van der Waals surface area contributed by atoms with E-state index in [0.29, 0.717) is 13.2 Å². The zero-order valence-electron chi connectivity index (χ0n) is 9.87. The molecule has 5 heteroatoms. The summed E-state index contributed by atoms with van der Waals surface area (Å²) in [6, 6.07) is 5.10. The van der Waals surface area contributed by atoms with Crippen molar-refractivity contribution < 1.29 is 14.6 Å². The Bertz CT molecular complexity index is 395. The number of ether oxygens (including phenoxy) is 1. The third kappa shape index (κ3) is 4.36. The molecule has 0 fully saturated rings. The molecule has 0 amide bonds. The molecule has 0 radical (unpaired) electrons. The van der Waals surface area contributed by atoms with Crippen molar-refractivity contribution in [1.29, 1.82) is 0 Å². The highest BCUT2D eigenvalue weighted by Crippen LogP contribution is 2.22. The van der Waals surface area contributed by atoms with Crippen LogP contribution in [0.4, 0.5) is 0 Å². The zero-order valence-corrected chi connectivity index (χ0v) is 11.5. The standard InChI is InChI=1S/C12H16BrNO3/c1-3-17-10-4-5-11(13)9(6-10)7-14-8(2)12(15)16/h4-6,8,14H,3,7H2,1-2H3,(H,15,16)/t8-/m1/s1. The third-order valence-electron chi connectivity index (χ3n) is 2.30. The summed E-state index contributed by atoms with van der Waals surface area (Å²) >= 11 is 3.43. The first-order valence-corrected chi connectivity index (χ1v) is 6.21. The van der Waals surface area contributed by atoms with Gasteiger partial charge in [-0.25, -0.2) is 0 Å². The highest BCUT2D eigenvalue weighted by atomic mass is 79.9. The molecule has 0 saturated carbocycles. The van der Waals surface area contributed by atoms with Crippen molar-refractivity contribution in [2.45, 2.75) is 26.4 Å². The highest BCUT2D eigenvalue weighted by Gasteiger charge is 2.10. The minimum Gasteiger partial charge on any atom is -0.494 e. The van der Waals surface area contributed by atoms with E-state index in [9.17, 15) is 4.79 Å². The van der Waals surface area contributed by atoms with Crippen molar-refractivity contribution >= 4 is 21.9 Å². The van der Waals surface area contributed by atoms with Gasteiger partial charge in [-0.15, -0.1) is 0 Å². The Labute approximate surface area is 109 Å². The number of carboxylic acid groups (broad SMARTS) is 1. The molecular formula is C12H16BrNO3. The second-order valence-electron chi connectivity index (χ2n) is 3.63. The Hall–Kier alpha value is -1.07. The van der Waals surface area contributed by atoms with Gasteiger partial charge in [-0.1, -0.05) is 15.9 Å². The smallest absolute Gasteiger partial charge is 0.320 e. The van der Waals surface area contributed by atoms with E-state index >= 15 is 0 Å². The van der Waals surface area contributed by atoms with E-state index in [1.807, 2.05) is 25.1 Å². The Kier molecular flexibility index (Phi) is 5.44. The summed E-state index contributed by atoms with van der Waals surface area (Å²) in [5, 5.41) is 11.7. The number of nitrogens with one attached hydrogen (secondary N) is 1. The summed E-state index contributed by atoms with van der Waals surface area (Å²) in [7, 11) is 0. The number of aliphatic carboxylic acids is 1. The predicted octanol–water partition coefficient (Wildman–Crippen LogP) is 2.41. The lowest BCUT2D eigenvalue weighted by molar-refractivity contribution is -0.139. The fourth-order valence-electron chi connectivity index (χ4n) is 1.29. The minimum absolute atomic E-state index is 0.481. The van der Waals surface area contributed by atoms with E-state index in [1.165, 1.54) is 0 Å². The van der Waals surface area contributed by atoms with Crippen LogP contribution in [-0.4, -0.2) is 23.7 Å². The molecule has 0 aliphatic rings. The maximum atomic E-state index is 10.7. The van der Waals surface area contributed by atoms with Crippen molar-refractivity contribution in [2.75, 3.05) is 6.61 Å². The Morgan fingerprint density at radius 1 is 1.59 bits per heavy atom. The molecular weight excluding hydrogens is 286 g/mol. The molecule has 1 rings (SSSR count). The SMILES string of the molecule is CCOc1ccc(Br)c(CN[C@H](C)C(=O)O)c1. The Morgan fingerprint density at radius 3 is 2.88 bits per heavy atom. The fraction of sp³-hybridized carbons (Fsp3) is 0.417. The molecule has 0 bridgehead atoms. The van der Waals surface area contributed by atoms with E-state index in [4.69, 9.17) is 9.84 Å². The first-order valence-electron chi connectivity index (χ1n) is 5.42. The molecule has 17 heavy (non-hydrogen) atoms. The minimum atomic E-state index is -0.859. The van der Waals surface area contributed by atoms with Gasteiger partial charge in [-0.2, -0.15) is 0 Å². The van der Waals surface area contributed by atoms with Crippen LogP contribution in [0.1, 0.15) is 19.4 Å². The summed E-state index contributed by atoms with van der Waals surface area (Å²) in [6.07, 6.45) is 0. The Morgan fingerprint density at radius 2 is 2.29 bits per heavy atom. The first kappa shape index (κ1) is 14.0. The maximum Gasteiger partial charge on any atom is 0.320 e. The molecule has 0 spiro atoms. The van der Waals surface area contributed by atoms with Gasteiger partial charge in [0.15, 0.2) is 0 Å².